The minimum absolute atomic E-state index is 0.586. The Morgan fingerprint density at radius 2 is 2.24 bits per heavy atom. The molecule has 5 heteroatoms. The number of pyridine rings is 1. The smallest absolute Gasteiger partial charge is 0.180 e. The standard InChI is InChI=1S/C16H20N4O/c1-3-7-18-15-12-10-21-9-6-13(12)19-16(20-15)14-11(2)5-4-8-17-14/h4-5,8H,3,6-7,9-10H2,1-2H3,(H,18,19,20). The summed E-state index contributed by atoms with van der Waals surface area (Å²) in [4.78, 5) is 13.8. The normalized spacial score (nSPS) is 13.8. The fourth-order valence-corrected chi connectivity index (χ4v) is 2.45. The van der Waals surface area contributed by atoms with Crippen LogP contribution in [0.3, 0.4) is 0 Å². The maximum atomic E-state index is 5.55. The molecule has 5 nitrogen and oxygen atoms in total. The van der Waals surface area contributed by atoms with Crippen molar-refractivity contribution in [3.63, 3.8) is 0 Å². The van der Waals surface area contributed by atoms with Gasteiger partial charge in [-0.3, -0.25) is 4.98 Å². The molecule has 2 aromatic heterocycles. The van der Waals surface area contributed by atoms with E-state index in [1.165, 1.54) is 0 Å². The van der Waals surface area contributed by atoms with Crippen molar-refractivity contribution in [1.29, 1.82) is 0 Å². The minimum atomic E-state index is 0.586. The molecule has 0 amide bonds. The summed E-state index contributed by atoms with van der Waals surface area (Å²) in [6, 6.07) is 3.97. The fraction of sp³-hybridized carbons (Fsp3) is 0.438. The number of hydrogen-bond acceptors (Lipinski definition) is 5. The monoisotopic (exact) mass is 284 g/mol. The van der Waals surface area contributed by atoms with Gasteiger partial charge in [0, 0.05) is 24.7 Å². The van der Waals surface area contributed by atoms with Gasteiger partial charge >= 0.3 is 0 Å². The van der Waals surface area contributed by atoms with Crippen molar-refractivity contribution in [2.45, 2.75) is 33.3 Å². The molecule has 0 atom stereocenters. The van der Waals surface area contributed by atoms with Gasteiger partial charge in [-0.05, 0) is 25.0 Å². The van der Waals surface area contributed by atoms with E-state index in [9.17, 15) is 0 Å². The number of aromatic nitrogens is 3. The van der Waals surface area contributed by atoms with E-state index < -0.39 is 0 Å². The molecule has 0 aliphatic carbocycles. The summed E-state index contributed by atoms with van der Waals surface area (Å²) in [7, 11) is 0. The average molecular weight is 284 g/mol. The summed E-state index contributed by atoms with van der Waals surface area (Å²) >= 11 is 0. The number of nitrogens with zero attached hydrogens (tertiary/aromatic N) is 3. The first-order valence-corrected chi connectivity index (χ1v) is 7.43. The highest BCUT2D eigenvalue weighted by molar-refractivity contribution is 5.59. The van der Waals surface area contributed by atoms with E-state index in [1.54, 1.807) is 6.20 Å². The molecule has 110 valence electrons. The lowest BCUT2D eigenvalue weighted by Crippen LogP contribution is -2.17. The van der Waals surface area contributed by atoms with Gasteiger partial charge in [-0.15, -0.1) is 0 Å². The van der Waals surface area contributed by atoms with Gasteiger partial charge in [0.2, 0.25) is 0 Å². The van der Waals surface area contributed by atoms with Gasteiger partial charge in [0.1, 0.15) is 11.5 Å². The highest BCUT2D eigenvalue weighted by Crippen LogP contribution is 2.26. The number of hydrogen-bond donors (Lipinski definition) is 1. The lowest BCUT2D eigenvalue weighted by molar-refractivity contribution is 0.109. The van der Waals surface area contributed by atoms with Crippen LogP contribution < -0.4 is 5.32 Å². The Hall–Kier alpha value is -2.01. The van der Waals surface area contributed by atoms with Crippen LogP contribution in [-0.4, -0.2) is 28.1 Å². The highest BCUT2D eigenvalue weighted by Gasteiger charge is 2.19. The summed E-state index contributed by atoms with van der Waals surface area (Å²) in [6.07, 6.45) is 3.67. The predicted octanol–water partition coefficient (Wildman–Crippen LogP) is 2.74. The topological polar surface area (TPSA) is 59.9 Å². The van der Waals surface area contributed by atoms with E-state index in [-0.39, 0.29) is 0 Å². The molecule has 2 aromatic rings. The molecule has 3 heterocycles. The van der Waals surface area contributed by atoms with Crippen LogP contribution in [0.2, 0.25) is 0 Å². The first kappa shape index (κ1) is 13.9. The first-order chi connectivity index (χ1) is 10.3. The molecule has 21 heavy (non-hydrogen) atoms. The van der Waals surface area contributed by atoms with E-state index in [0.717, 1.165) is 54.3 Å². The summed E-state index contributed by atoms with van der Waals surface area (Å²) in [5.74, 6) is 1.59. The Kier molecular flexibility index (Phi) is 4.10. The van der Waals surface area contributed by atoms with Crippen LogP contribution in [-0.2, 0) is 17.8 Å². The number of anilines is 1. The average Bonchev–Trinajstić information content (AvgIpc) is 2.53. The second kappa shape index (κ2) is 6.18. The number of aryl methyl sites for hydroxylation is 1. The Labute approximate surface area is 124 Å². The SMILES string of the molecule is CCCNc1nc(-c2ncccc2C)nc2c1COCC2. The molecule has 1 aliphatic heterocycles. The van der Waals surface area contributed by atoms with Crippen molar-refractivity contribution in [2.75, 3.05) is 18.5 Å². The molecule has 1 aliphatic rings. The lowest BCUT2D eigenvalue weighted by Gasteiger charge is -2.20. The highest BCUT2D eigenvalue weighted by atomic mass is 16.5. The van der Waals surface area contributed by atoms with Crippen LogP contribution in [0.15, 0.2) is 18.3 Å². The van der Waals surface area contributed by atoms with Gasteiger partial charge < -0.3 is 10.1 Å². The third-order valence-corrected chi connectivity index (χ3v) is 3.59. The molecule has 0 saturated heterocycles. The zero-order valence-corrected chi connectivity index (χ0v) is 12.5. The lowest BCUT2D eigenvalue weighted by atomic mass is 10.1. The van der Waals surface area contributed by atoms with Gasteiger partial charge in [0.15, 0.2) is 5.82 Å². The summed E-state index contributed by atoms with van der Waals surface area (Å²) in [5.41, 5.74) is 4.11. The third kappa shape index (κ3) is 2.88. The van der Waals surface area contributed by atoms with Gasteiger partial charge in [0.05, 0.1) is 18.9 Å². The molecule has 0 spiro atoms. The first-order valence-electron chi connectivity index (χ1n) is 7.43. The quantitative estimate of drug-likeness (QED) is 0.935. The van der Waals surface area contributed by atoms with E-state index in [2.05, 4.69) is 22.2 Å². The predicted molar refractivity (Wildman–Crippen MR) is 82.1 cm³/mol. The number of nitrogens with one attached hydrogen (secondary N) is 1. The van der Waals surface area contributed by atoms with Crippen molar-refractivity contribution < 1.29 is 4.74 Å². The van der Waals surface area contributed by atoms with Gasteiger partial charge in [-0.2, -0.15) is 0 Å². The third-order valence-electron chi connectivity index (χ3n) is 3.59. The van der Waals surface area contributed by atoms with Crippen LogP contribution in [0.1, 0.15) is 30.2 Å². The molecule has 0 unspecified atom stereocenters. The number of rotatable bonds is 4. The Morgan fingerprint density at radius 3 is 3.05 bits per heavy atom. The van der Waals surface area contributed by atoms with Gasteiger partial charge in [-0.1, -0.05) is 13.0 Å². The van der Waals surface area contributed by atoms with Gasteiger partial charge in [0.25, 0.3) is 0 Å². The number of ether oxygens (including phenoxy) is 1. The van der Waals surface area contributed by atoms with E-state index in [4.69, 9.17) is 9.72 Å². The van der Waals surface area contributed by atoms with Crippen LogP contribution in [0.25, 0.3) is 11.5 Å². The van der Waals surface area contributed by atoms with Crippen LogP contribution >= 0.6 is 0 Å². The minimum Gasteiger partial charge on any atom is -0.376 e. The summed E-state index contributed by atoms with van der Waals surface area (Å²) < 4.78 is 5.55. The fourth-order valence-electron chi connectivity index (χ4n) is 2.45. The van der Waals surface area contributed by atoms with Crippen LogP contribution in [0.5, 0.6) is 0 Å². The maximum Gasteiger partial charge on any atom is 0.180 e. The van der Waals surface area contributed by atoms with Crippen molar-refractivity contribution in [1.82, 2.24) is 15.0 Å². The van der Waals surface area contributed by atoms with Crippen molar-refractivity contribution in [3.8, 4) is 11.5 Å². The molecular weight excluding hydrogens is 264 g/mol. The molecule has 1 N–H and O–H groups in total. The second-order valence-corrected chi connectivity index (χ2v) is 5.22. The van der Waals surface area contributed by atoms with Crippen molar-refractivity contribution in [3.05, 3.63) is 35.2 Å². The Bertz CT molecular complexity index is 642. The maximum absolute atomic E-state index is 5.55. The van der Waals surface area contributed by atoms with Crippen LogP contribution in [0, 0.1) is 6.92 Å². The summed E-state index contributed by atoms with van der Waals surface area (Å²) in [5, 5.41) is 3.39. The molecule has 0 radical (unpaired) electrons. The molecular formula is C16H20N4O. The summed E-state index contributed by atoms with van der Waals surface area (Å²) in [6.45, 7) is 6.37. The van der Waals surface area contributed by atoms with Crippen molar-refractivity contribution in [2.24, 2.45) is 0 Å². The second-order valence-electron chi connectivity index (χ2n) is 5.22. The van der Waals surface area contributed by atoms with E-state index in [1.807, 2.05) is 19.1 Å². The largest absolute Gasteiger partial charge is 0.376 e. The zero-order chi connectivity index (χ0) is 14.7. The molecule has 0 aromatic carbocycles. The molecule has 3 rings (SSSR count). The Morgan fingerprint density at radius 1 is 1.33 bits per heavy atom. The van der Waals surface area contributed by atoms with Crippen LogP contribution in [0.4, 0.5) is 5.82 Å². The van der Waals surface area contributed by atoms with Gasteiger partial charge in [-0.25, -0.2) is 9.97 Å². The Balaban J connectivity index is 2.07. The van der Waals surface area contributed by atoms with E-state index in [0.29, 0.717) is 12.4 Å². The molecule has 0 saturated carbocycles. The zero-order valence-electron chi connectivity index (χ0n) is 12.5. The molecule has 0 fully saturated rings. The molecule has 0 bridgehead atoms. The van der Waals surface area contributed by atoms with Crippen molar-refractivity contribution >= 4 is 5.82 Å². The van der Waals surface area contributed by atoms with E-state index >= 15 is 0 Å². The number of fused-ring (bicyclic) bond motifs is 1.